The van der Waals surface area contributed by atoms with Crippen molar-refractivity contribution in [3.8, 4) is 0 Å². The molecule has 6 heteroatoms. The summed E-state index contributed by atoms with van der Waals surface area (Å²) >= 11 is 3.45. The minimum Gasteiger partial charge on any atom is -0.335 e. The monoisotopic (exact) mass is 394 g/mol. The highest BCUT2D eigenvalue weighted by atomic mass is 35.5. The fourth-order valence-electron chi connectivity index (χ4n) is 3.56. The molecule has 1 aromatic carbocycles. The van der Waals surface area contributed by atoms with Crippen molar-refractivity contribution in [2.45, 2.75) is 32.2 Å². The van der Waals surface area contributed by atoms with E-state index in [4.69, 9.17) is 0 Å². The Hall–Kier alpha value is -1.14. The first-order chi connectivity index (χ1) is 11.8. The van der Waals surface area contributed by atoms with Crippen LogP contribution in [0, 0.1) is 0 Å². The normalized spacial score (nSPS) is 15.4. The zero-order valence-corrected chi connectivity index (χ0v) is 16.7. The molecule has 0 unspecified atom stereocenters. The van der Waals surface area contributed by atoms with Crippen LogP contribution in [-0.4, -0.2) is 36.5 Å². The molecule has 1 N–H and O–H groups in total. The van der Waals surface area contributed by atoms with Crippen molar-refractivity contribution in [3.63, 3.8) is 0 Å². The number of benzene rings is 1. The van der Waals surface area contributed by atoms with E-state index >= 15 is 0 Å². The maximum atomic E-state index is 13.2. The average molecular weight is 395 g/mol. The maximum absolute atomic E-state index is 13.2. The van der Waals surface area contributed by atoms with Gasteiger partial charge in [0.2, 0.25) is 0 Å². The first-order valence-electron chi connectivity index (χ1n) is 8.70. The zero-order chi connectivity index (χ0) is 16.5. The minimum absolute atomic E-state index is 0. The Balaban J connectivity index is 0.00000182. The number of carbonyl (C=O) groups excluding carboxylic acids is 1. The summed E-state index contributed by atoms with van der Waals surface area (Å²) in [5, 5.41) is 4.68. The highest BCUT2D eigenvalue weighted by molar-refractivity contribution is 7.33. The van der Waals surface area contributed by atoms with Gasteiger partial charge in [0.15, 0.2) is 0 Å². The van der Waals surface area contributed by atoms with Crippen LogP contribution in [0.4, 0.5) is 0 Å². The van der Waals surface area contributed by atoms with E-state index in [0.717, 1.165) is 43.8 Å². The van der Waals surface area contributed by atoms with Crippen molar-refractivity contribution in [1.29, 1.82) is 0 Å². The molecule has 1 saturated heterocycles. The van der Waals surface area contributed by atoms with E-state index in [1.54, 1.807) is 22.7 Å². The number of halogens is 1. The minimum atomic E-state index is 0. The summed E-state index contributed by atoms with van der Waals surface area (Å²) in [6.07, 6.45) is 3.14. The number of amides is 1. The third-order valence-electron chi connectivity index (χ3n) is 4.74. The highest BCUT2D eigenvalue weighted by Gasteiger charge is 2.27. The molecular weight excluding hydrogens is 372 g/mol. The lowest BCUT2D eigenvalue weighted by Crippen LogP contribution is -2.46. The van der Waals surface area contributed by atoms with E-state index in [1.807, 2.05) is 0 Å². The van der Waals surface area contributed by atoms with Crippen molar-refractivity contribution in [1.82, 2.24) is 10.2 Å². The lowest BCUT2D eigenvalue weighted by atomic mass is 10.0. The van der Waals surface area contributed by atoms with E-state index in [2.05, 4.69) is 47.5 Å². The molecule has 0 spiro atoms. The molecule has 0 radical (unpaired) electrons. The maximum Gasteiger partial charge on any atom is 0.264 e. The molecule has 1 aliphatic heterocycles. The third-order valence-corrected chi connectivity index (χ3v) is 7.14. The molecule has 1 fully saturated rings. The average Bonchev–Trinajstić information content (AvgIpc) is 3.18. The SMILES string of the molecule is CCCN(C(=O)c1cc2sc3ccccc3c2s1)C1CCNCC1.Cl. The first-order valence-corrected chi connectivity index (χ1v) is 10.3. The molecule has 0 aliphatic carbocycles. The highest BCUT2D eigenvalue weighted by Crippen LogP contribution is 2.39. The largest absolute Gasteiger partial charge is 0.335 e. The van der Waals surface area contributed by atoms with E-state index in [0.29, 0.717) is 6.04 Å². The first kappa shape index (κ1) is 18.6. The smallest absolute Gasteiger partial charge is 0.264 e. The van der Waals surface area contributed by atoms with Gasteiger partial charge in [-0.2, -0.15) is 0 Å². The van der Waals surface area contributed by atoms with Crippen LogP contribution >= 0.6 is 35.1 Å². The number of carbonyl (C=O) groups is 1. The molecule has 1 amide bonds. The molecule has 0 bridgehead atoms. The molecule has 1 aliphatic rings. The van der Waals surface area contributed by atoms with Crippen molar-refractivity contribution in [2.75, 3.05) is 19.6 Å². The van der Waals surface area contributed by atoms with Crippen molar-refractivity contribution in [2.24, 2.45) is 0 Å². The number of hydrogen-bond donors (Lipinski definition) is 1. The molecule has 4 rings (SSSR count). The summed E-state index contributed by atoms with van der Waals surface area (Å²) in [6, 6.07) is 11.0. The molecule has 25 heavy (non-hydrogen) atoms. The number of fused-ring (bicyclic) bond motifs is 3. The van der Waals surface area contributed by atoms with Gasteiger partial charge in [-0.1, -0.05) is 25.1 Å². The summed E-state index contributed by atoms with van der Waals surface area (Å²) in [6.45, 7) is 5.04. The second-order valence-corrected chi connectivity index (χ2v) is 8.52. The van der Waals surface area contributed by atoms with Crippen LogP contribution in [0.1, 0.15) is 35.9 Å². The van der Waals surface area contributed by atoms with Crippen LogP contribution in [0.25, 0.3) is 19.5 Å². The Bertz CT molecular complexity index is 867. The second-order valence-electron chi connectivity index (χ2n) is 6.38. The Morgan fingerprint density at radius 1 is 1.20 bits per heavy atom. The quantitative estimate of drug-likeness (QED) is 0.664. The summed E-state index contributed by atoms with van der Waals surface area (Å²) in [5.74, 6) is 0.223. The Kier molecular flexibility index (Phi) is 6.00. The lowest BCUT2D eigenvalue weighted by Gasteiger charge is -2.34. The van der Waals surface area contributed by atoms with Crippen molar-refractivity contribution >= 4 is 60.5 Å². The lowest BCUT2D eigenvalue weighted by molar-refractivity contribution is 0.0648. The van der Waals surface area contributed by atoms with Crippen molar-refractivity contribution < 1.29 is 4.79 Å². The van der Waals surface area contributed by atoms with Crippen LogP contribution in [0.5, 0.6) is 0 Å². The molecule has 134 valence electrons. The number of nitrogens with one attached hydrogen (secondary N) is 1. The van der Waals surface area contributed by atoms with Crippen LogP contribution in [0.3, 0.4) is 0 Å². The van der Waals surface area contributed by atoms with E-state index in [9.17, 15) is 4.79 Å². The predicted molar refractivity (Wildman–Crippen MR) is 112 cm³/mol. The molecule has 3 aromatic rings. The number of hydrogen-bond acceptors (Lipinski definition) is 4. The van der Waals surface area contributed by atoms with Crippen LogP contribution < -0.4 is 5.32 Å². The summed E-state index contributed by atoms with van der Waals surface area (Å²) in [5.41, 5.74) is 0. The van der Waals surface area contributed by atoms with Gasteiger partial charge in [-0.3, -0.25) is 4.79 Å². The van der Waals surface area contributed by atoms with Gasteiger partial charge in [-0.25, -0.2) is 0 Å². The molecule has 2 aromatic heterocycles. The number of piperidine rings is 1. The van der Waals surface area contributed by atoms with E-state index in [-0.39, 0.29) is 18.3 Å². The number of nitrogens with zero attached hydrogens (tertiary/aromatic N) is 1. The fourth-order valence-corrected chi connectivity index (χ4v) is 6.04. The summed E-state index contributed by atoms with van der Waals surface area (Å²) in [7, 11) is 0. The zero-order valence-electron chi connectivity index (χ0n) is 14.3. The summed E-state index contributed by atoms with van der Waals surface area (Å²) in [4.78, 5) is 16.2. The fraction of sp³-hybridized carbons (Fsp3) is 0.421. The number of rotatable bonds is 4. The van der Waals surface area contributed by atoms with Gasteiger partial charge in [0, 0.05) is 27.4 Å². The van der Waals surface area contributed by atoms with Crippen LogP contribution in [0.2, 0.25) is 0 Å². The van der Waals surface area contributed by atoms with E-state index in [1.165, 1.54) is 19.5 Å². The van der Waals surface area contributed by atoms with Crippen molar-refractivity contribution in [3.05, 3.63) is 35.2 Å². The number of thiophene rings is 2. The van der Waals surface area contributed by atoms with E-state index < -0.39 is 0 Å². The second kappa shape index (κ2) is 8.04. The van der Waals surface area contributed by atoms with Gasteiger partial charge in [-0.05, 0) is 44.5 Å². The predicted octanol–water partition coefficient (Wildman–Crippen LogP) is 5.14. The van der Waals surface area contributed by atoms with Gasteiger partial charge in [0.05, 0.1) is 9.58 Å². The van der Waals surface area contributed by atoms with Gasteiger partial charge in [0.1, 0.15) is 0 Å². The Morgan fingerprint density at radius 2 is 1.96 bits per heavy atom. The standard InChI is InChI=1S/C19H22N2OS2.ClH/c1-2-11-21(13-7-9-20-10-8-13)19(22)17-12-16-18(24-17)14-5-3-4-6-15(14)23-16;/h3-6,12-13,20H,2,7-11H2,1H3;1H. The molecule has 3 nitrogen and oxygen atoms in total. The Labute approximate surface area is 162 Å². The third kappa shape index (κ3) is 3.56. The summed E-state index contributed by atoms with van der Waals surface area (Å²) < 4.78 is 3.81. The topological polar surface area (TPSA) is 32.3 Å². The van der Waals surface area contributed by atoms with Gasteiger partial charge in [-0.15, -0.1) is 35.1 Å². The van der Waals surface area contributed by atoms with Crippen LogP contribution in [-0.2, 0) is 0 Å². The van der Waals surface area contributed by atoms with Gasteiger partial charge in [0.25, 0.3) is 5.91 Å². The van der Waals surface area contributed by atoms with Crippen LogP contribution in [0.15, 0.2) is 30.3 Å². The molecule has 3 heterocycles. The molecular formula is C19H23ClN2OS2. The van der Waals surface area contributed by atoms with Gasteiger partial charge >= 0.3 is 0 Å². The molecule has 0 atom stereocenters. The molecule has 0 saturated carbocycles. The Morgan fingerprint density at radius 3 is 2.72 bits per heavy atom. The van der Waals surface area contributed by atoms with Gasteiger partial charge < -0.3 is 10.2 Å².